The van der Waals surface area contributed by atoms with Crippen LogP contribution in [0, 0.1) is 0 Å². The standard InChI is InChI=1S/C12H12F2/c13-12(14)9-5-4-8-11(12)10-6-2-1-3-7-10/h1-3,6-8H,4-5,9H2. The fourth-order valence-electron chi connectivity index (χ4n) is 1.80. The smallest absolute Gasteiger partial charge is 0.201 e. The van der Waals surface area contributed by atoms with E-state index in [4.69, 9.17) is 0 Å². The van der Waals surface area contributed by atoms with Crippen LogP contribution in [0.5, 0.6) is 0 Å². The maximum absolute atomic E-state index is 13.5. The average Bonchev–Trinajstić information content (AvgIpc) is 2.18. The first kappa shape index (κ1) is 9.38. The second-order valence-electron chi connectivity index (χ2n) is 3.58. The average molecular weight is 194 g/mol. The van der Waals surface area contributed by atoms with E-state index in [0.29, 0.717) is 12.0 Å². The maximum atomic E-state index is 13.5. The fourth-order valence-corrected chi connectivity index (χ4v) is 1.80. The summed E-state index contributed by atoms with van der Waals surface area (Å²) in [4.78, 5) is 0. The first-order chi connectivity index (χ1) is 6.70. The quantitative estimate of drug-likeness (QED) is 0.636. The summed E-state index contributed by atoms with van der Waals surface area (Å²) in [6.07, 6.45) is 3.00. The van der Waals surface area contributed by atoms with Crippen molar-refractivity contribution >= 4 is 5.57 Å². The van der Waals surface area contributed by atoms with Crippen LogP contribution in [0.15, 0.2) is 36.4 Å². The summed E-state index contributed by atoms with van der Waals surface area (Å²) in [6, 6.07) is 8.91. The van der Waals surface area contributed by atoms with E-state index >= 15 is 0 Å². The number of alkyl halides is 2. The molecule has 0 aromatic heterocycles. The minimum Gasteiger partial charge on any atom is -0.201 e. The molecule has 0 aliphatic heterocycles. The highest BCUT2D eigenvalue weighted by Gasteiger charge is 2.36. The zero-order chi connectivity index (χ0) is 10.0. The van der Waals surface area contributed by atoms with E-state index < -0.39 is 5.92 Å². The van der Waals surface area contributed by atoms with Gasteiger partial charge in [0.15, 0.2) is 0 Å². The lowest BCUT2D eigenvalue weighted by Gasteiger charge is -2.24. The van der Waals surface area contributed by atoms with Gasteiger partial charge in [0.25, 0.3) is 5.92 Å². The van der Waals surface area contributed by atoms with Gasteiger partial charge in [-0.1, -0.05) is 36.4 Å². The Morgan fingerprint density at radius 1 is 1.07 bits per heavy atom. The molecule has 0 fully saturated rings. The normalized spacial score (nSPS) is 20.3. The topological polar surface area (TPSA) is 0 Å². The van der Waals surface area contributed by atoms with Gasteiger partial charge in [-0.05, 0) is 18.4 Å². The first-order valence-corrected chi connectivity index (χ1v) is 4.84. The van der Waals surface area contributed by atoms with Crippen molar-refractivity contribution in [1.82, 2.24) is 0 Å². The number of benzene rings is 1. The zero-order valence-electron chi connectivity index (χ0n) is 7.84. The lowest BCUT2D eigenvalue weighted by molar-refractivity contribution is 0.0510. The Bertz CT molecular complexity index is 339. The third kappa shape index (κ3) is 1.69. The number of hydrogen-bond donors (Lipinski definition) is 0. The summed E-state index contributed by atoms with van der Waals surface area (Å²) >= 11 is 0. The van der Waals surface area contributed by atoms with Crippen LogP contribution < -0.4 is 0 Å². The molecule has 0 heterocycles. The largest absolute Gasteiger partial charge is 0.273 e. The van der Waals surface area contributed by atoms with Gasteiger partial charge in [-0.2, -0.15) is 0 Å². The van der Waals surface area contributed by atoms with Crippen molar-refractivity contribution in [3.05, 3.63) is 42.0 Å². The lowest BCUT2D eigenvalue weighted by atomic mass is 9.90. The predicted octanol–water partition coefficient (Wildman–Crippen LogP) is 3.89. The molecule has 0 nitrogen and oxygen atoms in total. The number of hydrogen-bond acceptors (Lipinski definition) is 0. The second kappa shape index (κ2) is 3.52. The molecule has 0 unspecified atom stereocenters. The molecule has 0 saturated heterocycles. The minimum atomic E-state index is -2.64. The Morgan fingerprint density at radius 3 is 2.43 bits per heavy atom. The zero-order valence-corrected chi connectivity index (χ0v) is 7.84. The highest BCUT2D eigenvalue weighted by Crippen LogP contribution is 2.40. The Hall–Kier alpha value is -1.18. The minimum absolute atomic E-state index is 0.0201. The van der Waals surface area contributed by atoms with Crippen molar-refractivity contribution in [1.29, 1.82) is 0 Å². The summed E-state index contributed by atoms with van der Waals surface area (Å²) in [5.74, 6) is -2.64. The molecule has 0 amide bonds. The van der Waals surface area contributed by atoms with Crippen molar-refractivity contribution in [2.75, 3.05) is 0 Å². The molecule has 0 atom stereocenters. The Balaban J connectivity index is 2.38. The van der Waals surface area contributed by atoms with Crippen LogP contribution in [0.2, 0.25) is 0 Å². The number of rotatable bonds is 1. The van der Waals surface area contributed by atoms with E-state index in [9.17, 15) is 8.78 Å². The van der Waals surface area contributed by atoms with Gasteiger partial charge in [0, 0.05) is 12.0 Å². The molecule has 1 aromatic rings. The first-order valence-electron chi connectivity index (χ1n) is 4.84. The van der Waals surface area contributed by atoms with Crippen molar-refractivity contribution in [3.63, 3.8) is 0 Å². The van der Waals surface area contributed by atoms with Gasteiger partial charge in [-0.15, -0.1) is 0 Å². The highest BCUT2D eigenvalue weighted by molar-refractivity contribution is 5.71. The molecule has 1 aliphatic rings. The Kier molecular flexibility index (Phi) is 2.36. The van der Waals surface area contributed by atoms with Crippen molar-refractivity contribution in [2.45, 2.75) is 25.2 Å². The molecule has 0 spiro atoms. The monoisotopic (exact) mass is 194 g/mol. The van der Waals surface area contributed by atoms with Crippen LogP contribution in [-0.4, -0.2) is 5.92 Å². The molecule has 74 valence electrons. The highest BCUT2D eigenvalue weighted by atomic mass is 19.3. The van der Waals surface area contributed by atoms with Crippen LogP contribution in [0.4, 0.5) is 8.78 Å². The van der Waals surface area contributed by atoms with Gasteiger partial charge >= 0.3 is 0 Å². The van der Waals surface area contributed by atoms with E-state index in [1.807, 2.05) is 6.07 Å². The summed E-state index contributed by atoms with van der Waals surface area (Å²) in [7, 11) is 0. The van der Waals surface area contributed by atoms with Gasteiger partial charge in [0.1, 0.15) is 0 Å². The molecule has 0 radical (unpaired) electrons. The molecule has 1 aromatic carbocycles. The van der Waals surface area contributed by atoms with E-state index in [2.05, 4.69) is 0 Å². The maximum Gasteiger partial charge on any atom is 0.273 e. The Morgan fingerprint density at radius 2 is 1.79 bits per heavy atom. The summed E-state index contributed by atoms with van der Waals surface area (Å²) in [5, 5.41) is 0. The van der Waals surface area contributed by atoms with Gasteiger partial charge in [0.2, 0.25) is 0 Å². The van der Waals surface area contributed by atoms with Gasteiger partial charge in [-0.25, -0.2) is 8.78 Å². The SMILES string of the molecule is FC1(F)CCCC=C1c1ccccc1. The van der Waals surface area contributed by atoms with Gasteiger partial charge in [-0.3, -0.25) is 0 Å². The van der Waals surface area contributed by atoms with Gasteiger partial charge in [0.05, 0.1) is 0 Å². The summed E-state index contributed by atoms with van der Waals surface area (Å²) < 4.78 is 27.0. The van der Waals surface area contributed by atoms with Crippen molar-refractivity contribution in [3.8, 4) is 0 Å². The molecule has 1 aliphatic carbocycles. The lowest BCUT2D eigenvalue weighted by Crippen LogP contribution is -2.21. The van der Waals surface area contributed by atoms with Crippen molar-refractivity contribution in [2.24, 2.45) is 0 Å². The molecule has 0 saturated carbocycles. The second-order valence-corrected chi connectivity index (χ2v) is 3.58. The third-order valence-electron chi connectivity index (χ3n) is 2.52. The van der Waals surface area contributed by atoms with E-state index in [1.165, 1.54) is 0 Å². The molecule has 0 N–H and O–H groups in total. The molecule has 14 heavy (non-hydrogen) atoms. The van der Waals surface area contributed by atoms with Crippen molar-refractivity contribution < 1.29 is 8.78 Å². The molecular weight excluding hydrogens is 182 g/mol. The van der Waals surface area contributed by atoms with E-state index in [-0.39, 0.29) is 12.0 Å². The van der Waals surface area contributed by atoms with Crippen LogP contribution in [-0.2, 0) is 0 Å². The van der Waals surface area contributed by atoms with E-state index in [0.717, 1.165) is 6.42 Å². The number of allylic oxidation sites excluding steroid dienone is 2. The molecule has 0 bridgehead atoms. The van der Waals surface area contributed by atoms with Crippen LogP contribution in [0.1, 0.15) is 24.8 Å². The number of halogens is 2. The van der Waals surface area contributed by atoms with E-state index in [1.54, 1.807) is 30.3 Å². The fraction of sp³-hybridized carbons (Fsp3) is 0.333. The van der Waals surface area contributed by atoms with Crippen LogP contribution in [0.3, 0.4) is 0 Å². The summed E-state index contributed by atoms with van der Waals surface area (Å²) in [5.41, 5.74) is 0.849. The van der Waals surface area contributed by atoms with Crippen LogP contribution in [0.25, 0.3) is 5.57 Å². The summed E-state index contributed by atoms with van der Waals surface area (Å²) in [6.45, 7) is 0. The third-order valence-corrected chi connectivity index (χ3v) is 2.52. The van der Waals surface area contributed by atoms with Crippen LogP contribution >= 0.6 is 0 Å². The predicted molar refractivity (Wildman–Crippen MR) is 53.2 cm³/mol. The molecular formula is C12H12F2. The molecule has 2 heteroatoms. The molecule has 2 rings (SSSR count). The Labute approximate surface area is 82.3 Å². The van der Waals surface area contributed by atoms with Gasteiger partial charge < -0.3 is 0 Å².